The number of amides is 1. The fourth-order valence-electron chi connectivity index (χ4n) is 3.77. The van der Waals surface area contributed by atoms with E-state index in [-0.39, 0.29) is 5.91 Å². The van der Waals surface area contributed by atoms with Crippen LogP contribution < -0.4 is 5.32 Å². The van der Waals surface area contributed by atoms with Crippen LogP contribution in [0.25, 0.3) is 22.0 Å². The molecule has 2 heterocycles. The second kappa shape index (κ2) is 9.30. The molecule has 0 bridgehead atoms. The van der Waals surface area contributed by atoms with Crippen molar-refractivity contribution in [3.05, 3.63) is 77.7 Å². The number of benzene rings is 2. The Hall–Kier alpha value is -3.55. The molecule has 0 aliphatic carbocycles. The van der Waals surface area contributed by atoms with E-state index < -0.39 is 0 Å². The maximum Gasteiger partial charge on any atom is 0.276 e. The van der Waals surface area contributed by atoms with Crippen LogP contribution in [0.1, 0.15) is 21.6 Å². The van der Waals surface area contributed by atoms with Crippen molar-refractivity contribution >= 4 is 22.5 Å². The highest BCUT2D eigenvalue weighted by atomic mass is 16.1. The summed E-state index contributed by atoms with van der Waals surface area (Å²) in [6, 6.07) is 16.0. The Morgan fingerprint density at radius 3 is 2.47 bits per heavy atom. The van der Waals surface area contributed by atoms with Gasteiger partial charge in [-0.25, -0.2) is 0 Å². The summed E-state index contributed by atoms with van der Waals surface area (Å²) in [7, 11) is 8.10. The molecule has 7 heteroatoms. The highest BCUT2D eigenvalue weighted by molar-refractivity contribution is 6.11. The van der Waals surface area contributed by atoms with Crippen LogP contribution in [0.15, 0.2) is 60.9 Å². The van der Waals surface area contributed by atoms with Crippen molar-refractivity contribution in [1.29, 1.82) is 0 Å². The lowest BCUT2D eigenvalue weighted by atomic mass is 10.0. The van der Waals surface area contributed by atoms with E-state index in [1.807, 2.05) is 83.0 Å². The van der Waals surface area contributed by atoms with Crippen LogP contribution >= 0.6 is 0 Å². The standard InChI is InChI=1S/C25H28N6O/c1-30(2)15-17-6-5-7-21(11-17)27-25(32)24-22-12-19(8-9-23(22)28-29-24)20-10-18(13-26-14-20)16-31(3)4/h5-14H,15-16H2,1-4H3,(H,27,32)(H,28,29). The van der Waals surface area contributed by atoms with Crippen molar-refractivity contribution in [3.63, 3.8) is 0 Å². The third kappa shape index (κ3) is 5.01. The first-order chi connectivity index (χ1) is 15.4. The number of carbonyl (C=O) groups is 1. The summed E-state index contributed by atoms with van der Waals surface area (Å²) in [5, 5.41) is 11.0. The molecular weight excluding hydrogens is 400 g/mol. The van der Waals surface area contributed by atoms with Crippen molar-refractivity contribution in [2.75, 3.05) is 33.5 Å². The summed E-state index contributed by atoms with van der Waals surface area (Å²) < 4.78 is 0. The Bertz CT molecular complexity index is 1240. The summed E-state index contributed by atoms with van der Waals surface area (Å²) >= 11 is 0. The summed E-state index contributed by atoms with van der Waals surface area (Å²) in [5.74, 6) is -0.241. The molecule has 0 unspecified atom stereocenters. The van der Waals surface area contributed by atoms with E-state index in [0.717, 1.165) is 51.9 Å². The fourth-order valence-corrected chi connectivity index (χ4v) is 3.77. The minimum absolute atomic E-state index is 0.241. The molecular formula is C25H28N6O. The maximum absolute atomic E-state index is 13.0. The van der Waals surface area contributed by atoms with Gasteiger partial charge in [-0.05, 0) is 75.2 Å². The number of H-pyrrole nitrogens is 1. The van der Waals surface area contributed by atoms with Crippen LogP contribution in [0.2, 0.25) is 0 Å². The molecule has 32 heavy (non-hydrogen) atoms. The van der Waals surface area contributed by atoms with Gasteiger partial charge >= 0.3 is 0 Å². The molecule has 4 rings (SSSR count). The van der Waals surface area contributed by atoms with Gasteiger partial charge in [-0.15, -0.1) is 0 Å². The lowest BCUT2D eigenvalue weighted by Crippen LogP contribution is -2.14. The quantitative estimate of drug-likeness (QED) is 0.465. The maximum atomic E-state index is 13.0. The second-order valence-electron chi connectivity index (χ2n) is 8.54. The summed E-state index contributed by atoms with van der Waals surface area (Å²) in [6.07, 6.45) is 3.72. The molecule has 2 N–H and O–H groups in total. The number of carbonyl (C=O) groups excluding carboxylic acids is 1. The van der Waals surface area contributed by atoms with Gasteiger partial charge in [-0.3, -0.25) is 14.9 Å². The largest absolute Gasteiger partial charge is 0.321 e. The number of hydrogen-bond acceptors (Lipinski definition) is 5. The molecule has 1 amide bonds. The first-order valence-corrected chi connectivity index (χ1v) is 10.5. The number of pyridine rings is 1. The fraction of sp³-hybridized carbons (Fsp3) is 0.240. The minimum atomic E-state index is -0.241. The number of anilines is 1. The smallest absolute Gasteiger partial charge is 0.276 e. The van der Waals surface area contributed by atoms with Gasteiger partial charge < -0.3 is 15.1 Å². The summed E-state index contributed by atoms with van der Waals surface area (Å²) in [5.41, 5.74) is 6.21. The number of hydrogen-bond donors (Lipinski definition) is 2. The van der Waals surface area contributed by atoms with Gasteiger partial charge in [0.1, 0.15) is 0 Å². The van der Waals surface area contributed by atoms with Crippen LogP contribution in [-0.2, 0) is 13.1 Å². The number of fused-ring (bicyclic) bond motifs is 1. The number of aromatic amines is 1. The van der Waals surface area contributed by atoms with Crippen LogP contribution in [0.3, 0.4) is 0 Å². The van der Waals surface area contributed by atoms with E-state index >= 15 is 0 Å². The van der Waals surface area contributed by atoms with Crippen molar-refractivity contribution in [3.8, 4) is 11.1 Å². The molecule has 164 valence electrons. The number of nitrogens with one attached hydrogen (secondary N) is 2. The third-order valence-corrected chi connectivity index (χ3v) is 5.09. The van der Waals surface area contributed by atoms with Gasteiger partial charge in [0.2, 0.25) is 0 Å². The Morgan fingerprint density at radius 1 is 0.906 bits per heavy atom. The number of rotatable bonds is 7. The van der Waals surface area contributed by atoms with Crippen LogP contribution in [0.5, 0.6) is 0 Å². The normalized spacial score (nSPS) is 11.4. The van der Waals surface area contributed by atoms with Crippen molar-refractivity contribution < 1.29 is 4.79 Å². The van der Waals surface area contributed by atoms with Gasteiger partial charge in [0.15, 0.2) is 5.69 Å². The molecule has 0 saturated heterocycles. The van der Waals surface area contributed by atoms with Gasteiger partial charge in [0.25, 0.3) is 5.91 Å². The zero-order chi connectivity index (χ0) is 22.7. The second-order valence-corrected chi connectivity index (χ2v) is 8.54. The lowest BCUT2D eigenvalue weighted by Gasteiger charge is -2.11. The van der Waals surface area contributed by atoms with Crippen molar-refractivity contribution in [2.45, 2.75) is 13.1 Å². The van der Waals surface area contributed by atoms with E-state index in [1.54, 1.807) is 0 Å². The monoisotopic (exact) mass is 428 g/mol. The molecule has 7 nitrogen and oxygen atoms in total. The van der Waals surface area contributed by atoms with E-state index in [9.17, 15) is 4.79 Å². The third-order valence-electron chi connectivity index (χ3n) is 5.09. The predicted octanol–water partition coefficient (Wildman–Crippen LogP) is 4.00. The Labute approximate surface area is 188 Å². The molecule has 0 spiro atoms. The van der Waals surface area contributed by atoms with Crippen LogP contribution in [0.4, 0.5) is 5.69 Å². The number of nitrogens with zero attached hydrogens (tertiary/aromatic N) is 4. The summed E-state index contributed by atoms with van der Waals surface area (Å²) in [4.78, 5) is 21.6. The van der Waals surface area contributed by atoms with Crippen LogP contribution in [-0.4, -0.2) is 59.1 Å². The van der Waals surface area contributed by atoms with E-state index in [4.69, 9.17) is 0 Å². The highest BCUT2D eigenvalue weighted by Gasteiger charge is 2.16. The first-order valence-electron chi connectivity index (χ1n) is 10.5. The molecule has 0 saturated carbocycles. The zero-order valence-electron chi connectivity index (χ0n) is 18.9. The van der Waals surface area contributed by atoms with Crippen molar-refractivity contribution in [1.82, 2.24) is 25.0 Å². The predicted molar refractivity (Wildman–Crippen MR) is 129 cm³/mol. The first kappa shape index (κ1) is 21.7. The molecule has 0 fully saturated rings. The number of aromatic nitrogens is 3. The van der Waals surface area contributed by atoms with E-state index in [0.29, 0.717) is 5.69 Å². The molecule has 0 aliphatic heterocycles. The summed E-state index contributed by atoms with van der Waals surface area (Å²) in [6.45, 7) is 1.62. The van der Waals surface area contributed by atoms with Gasteiger partial charge in [0, 0.05) is 42.1 Å². The van der Waals surface area contributed by atoms with E-state index in [1.165, 1.54) is 0 Å². The Kier molecular flexibility index (Phi) is 6.30. The Balaban J connectivity index is 1.61. The zero-order valence-corrected chi connectivity index (χ0v) is 18.9. The van der Waals surface area contributed by atoms with Crippen LogP contribution in [0, 0.1) is 0 Å². The van der Waals surface area contributed by atoms with E-state index in [2.05, 4.69) is 36.4 Å². The molecule has 2 aromatic carbocycles. The molecule has 0 aliphatic rings. The Morgan fingerprint density at radius 2 is 1.69 bits per heavy atom. The molecule has 0 radical (unpaired) electrons. The molecule has 0 atom stereocenters. The van der Waals surface area contributed by atoms with Gasteiger partial charge in [0.05, 0.1) is 5.52 Å². The van der Waals surface area contributed by atoms with Gasteiger partial charge in [-0.2, -0.15) is 5.10 Å². The molecule has 2 aromatic heterocycles. The SMILES string of the molecule is CN(C)Cc1cccc(NC(=O)c2n[nH]c3ccc(-c4cncc(CN(C)C)c4)cc23)c1. The highest BCUT2D eigenvalue weighted by Crippen LogP contribution is 2.26. The van der Waals surface area contributed by atoms with Gasteiger partial charge in [-0.1, -0.05) is 18.2 Å². The topological polar surface area (TPSA) is 77.1 Å². The minimum Gasteiger partial charge on any atom is -0.321 e. The average Bonchev–Trinajstić information content (AvgIpc) is 3.16. The molecule has 4 aromatic rings. The lowest BCUT2D eigenvalue weighted by molar-refractivity contribution is 0.102. The van der Waals surface area contributed by atoms with Crippen molar-refractivity contribution in [2.24, 2.45) is 0 Å². The average molecular weight is 429 g/mol.